The number of anilines is 1. The molecule has 1 fully saturated rings. The van der Waals surface area contributed by atoms with Gasteiger partial charge in [-0.05, 0) is 43.5 Å². The van der Waals surface area contributed by atoms with Crippen molar-refractivity contribution in [2.24, 2.45) is 0 Å². The van der Waals surface area contributed by atoms with Gasteiger partial charge in [0.05, 0.1) is 0 Å². The number of allylic oxidation sites excluding steroid dienone is 2. The first kappa shape index (κ1) is 14.4. The fraction of sp³-hybridized carbons (Fsp3) is 0.353. The molecule has 0 radical (unpaired) electrons. The van der Waals surface area contributed by atoms with Crippen LogP contribution in [0.3, 0.4) is 0 Å². The summed E-state index contributed by atoms with van der Waals surface area (Å²) in [6, 6.07) is 8.08. The number of benzene rings is 1. The first-order chi connectivity index (χ1) is 9.62. The lowest BCUT2D eigenvalue weighted by molar-refractivity contribution is -0.111. The van der Waals surface area contributed by atoms with Crippen LogP contribution in [0.5, 0.6) is 0 Å². The van der Waals surface area contributed by atoms with Gasteiger partial charge in [0, 0.05) is 23.8 Å². The van der Waals surface area contributed by atoms with Gasteiger partial charge in [-0.15, -0.1) is 0 Å². The zero-order valence-corrected chi connectivity index (χ0v) is 12.2. The molecule has 3 heteroatoms. The van der Waals surface area contributed by atoms with Crippen molar-refractivity contribution in [2.45, 2.75) is 31.6 Å². The molecular formula is C17H22N2O. The van der Waals surface area contributed by atoms with Crippen LogP contribution in [0.4, 0.5) is 5.69 Å². The van der Waals surface area contributed by atoms with Gasteiger partial charge in [-0.25, -0.2) is 0 Å². The van der Waals surface area contributed by atoms with Crippen LogP contribution < -0.4 is 10.6 Å². The highest BCUT2D eigenvalue weighted by molar-refractivity contribution is 5.99. The Morgan fingerprint density at radius 3 is 2.70 bits per heavy atom. The summed E-state index contributed by atoms with van der Waals surface area (Å²) in [5.74, 6) is -0.0975. The highest BCUT2D eigenvalue weighted by Gasteiger charge is 2.41. The monoisotopic (exact) mass is 270 g/mol. The number of nitrogens with one attached hydrogen (secondary N) is 2. The number of hydrogen-bond donors (Lipinski definition) is 2. The number of carbonyl (C=O) groups excluding carboxylic acids is 1. The van der Waals surface area contributed by atoms with Gasteiger partial charge in [-0.3, -0.25) is 4.79 Å². The molecule has 1 aliphatic carbocycles. The van der Waals surface area contributed by atoms with E-state index in [9.17, 15) is 4.79 Å². The van der Waals surface area contributed by atoms with Crippen LogP contribution in [-0.2, 0) is 10.2 Å². The maximum atomic E-state index is 11.6. The summed E-state index contributed by atoms with van der Waals surface area (Å²) in [5, 5.41) is 6.08. The molecule has 0 saturated heterocycles. The van der Waals surface area contributed by atoms with Crippen molar-refractivity contribution in [3.63, 3.8) is 0 Å². The third-order valence-electron chi connectivity index (χ3n) is 4.09. The summed E-state index contributed by atoms with van der Waals surface area (Å²) in [5.41, 5.74) is 3.14. The molecule has 0 heterocycles. The van der Waals surface area contributed by atoms with E-state index in [0.29, 0.717) is 0 Å². The predicted molar refractivity (Wildman–Crippen MR) is 83.6 cm³/mol. The first-order valence-electron chi connectivity index (χ1n) is 7.04. The molecule has 1 amide bonds. The highest BCUT2D eigenvalue weighted by atomic mass is 16.1. The van der Waals surface area contributed by atoms with E-state index < -0.39 is 0 Å². The van der Waals surface area contributed by atoms with Crippen molar-refractivity contribution in [3.8, 4) is 0 Å². The molecule has 1 aliphatic rings. The van der Waals surface area contributed by atoms with Gasteiger partial charge in [0.2, 0.25) is 5.91 Å². The van der Waals surface area contributed by atoms with E-state index in [1.54, 1.807) is 6.08 Å². The number of rotatable bonds is 5. The maximum Gasteiger partial charge on any atom is 0.248 e. The average Bonchev–Trinajstić information content (AvgIpc) is 2.38. The Hall–Kier alpha value is -2.03. The Bertz CT molecular complexity index is 542. The molecule has 106 valence electrons. The van der Waals surface area contributed by atoms with Gasteiger partial charge in [0.15, 0.2) is 0 Å². The fourth-order valence-corrected chi connectivity index (χ4v) is 2.76. The molecule has 0 spiro atoms. The van der Waals surface area contributed by atoms with E-state index in [0.717, 1.165) is 24.2 Å². The smallest absolute Gasteiger partial charge is 0.248 e. The van der Waals surface area contributed by atoms with Crippen molar-refractivity contribution in [2.75, 3.05) is 12.4 Å². The summed E-state index contributed by atoms with van der Waals surface area (Å²) in [6.07, 6.45) is 6.70. The van der Waals surface area contributed by atoms with Gasteiger partial charge in [-0.2, -0.15) is 0 Å². The van der Waals surface area contributed by atoms with E-state index >= 15 is 0 Å². The van der Waals surface area contributed by atoms with Gasteiger partial charge in [0.25, 0.3) is 0 Å². The Morgan fingerprint density at radius 1 is 1.40 bits per heavy atom. The number of amides is 1. The SMILES string of the molecule is C=C(NC)C1(c2cccc(NC(=O)/C=C\C)c2)CCC1. The number of carbonyl (C=O) groups is 1. The Labute approximate surface area is 120 Å². The molecular weight excluding hydrogens is 248 g/mol. The topological polar surface area (TPSA) is 41.1 Å². The van der Waals surface area contributed by atoms with Crippen LogP contribution in [-0.4, -0.2) is 13.0 Å². The minimum Gasteiger partial charge on any atom is -0.391 e. The van der Waals surface area contributed by atoms with Crippen LogP contribution >= 0.6 is 0 Å². The molecule has 0 aliphatic heterocycles. The largest absolute Gasteiger partial charge is 0.391 e. The molecule has 3 nitrogen and oxygen atoms in total. The second-order valence-corrected chi connectivity index (χ2v) is 5.23. The summed E-state index contributed by atoms with van der Waals surface area (Å²) in [4.78, 5) is 11.6. The van der Waals surface area contributed by atoms with Crippen LogP contribution in [0.15, 0.2) is 48.7 Å². The lowest BCUT2D eigenvalue weighted by atomic mass is 9.62. The van der Waals surface area contributed by atoms with Crippen molar-refractivity contribution in [3.05, 3.63) is 54.3 Å². The number of hydrogen-bond acceptors (Lipinski definition) is 2. The van der Waals surface area contributed by atoms with Crippen molar-refractivity contribution in [1.29, 1.82) is 0 Å². The third-order valence-corrected chi connectivity index (χ3v) is 4.09. The van der Waals surface area contributed by atoms with Crippen molar-refractivity contribution >= 4 is 11.6 Å². The predicted octanol–water partition coefficient (Wildman–Crippen LogP) is 3.36. The van der Waals surface area contributed by atoms with E-state index in [-0.39, 0.29) is 11.3 Å². The number of likely N-dealkylation sites (N-methyl/N-ethyl adjacent to an activating group) is 1. The van der Waals surface area contributed by atoms with Crippen LogP contribution in [0, 0.1) is 0 Å². The van der Waals surface area contributed by atoms with Gasteiger partial charge in [0.1, 0.15) is 0 Å². The summed E-state index contributed by atoms with van der Waals surface area (Å²) < 4.78 is 0. The Balaban J connectivity index is 2.25. The lowest BCUT2D eigenvalue weighted by Crippen LogP contribution is -2.40. The second-order valence-electron chi connectivity index (χ2n) is 5.23. The standard InChI is InChI=1S/C17H22N2O/c1-4-7-16(20)19-15-9-5-8-14(12-15)17(10-6-11-17)13(2)18-3/h4-5,7-9,12,18H,2,6,10-11H2,1,3H3,(H,19,20)/b7-4-. The van der Waals surface area contributed by atoms with E-state index in [1.165, 1.54) is 18.1 Å². The summed E-state index contributed by atoms with van der Waals surface area (Å²) in [6.45, 7) is 5.98. The normalized spacial score (nSPS) is 16.5. The van der Waals surface area contributed by atoms with Crippen molar-refractivity contribution < 1.29 is 4.79 Å². The van der Waals surface area contributed by atoms with Crippen LogP contribution in [0.2, 0.25) is 0 Å². The quantitative estimate of drug-likeness (QED) is 0.806. The van der Waals surface area contributed by atoms with Crippen molar-refractivity contribution in [1.82, 2.24) is 5.32 Å². The molecule has 0 bridgehead atoms. The van der Waals surface area contributed by atoms with Gasteiger partial charge < -0.3 is 10.6 Å². The molecule has 0 unspecified atom stereocenters. The molecule has 2 N–H and O–H groups in total. The van der Waals surface area contributed by atoms with E-state index in [4.69, 9.17) is 0 Å². The fourth-order valence-electron chi connectivity index (χ4n) is 2.76. The molecule has 2 rings (SSSR count). The van der Waals surface area contributed by atoms with E-state index in [2.05, 4.69) is 29.3 Å². The molecule has 1 saturated carbocycles. The zero-order chi connectivity index (χ0) is 14.6. The summed E-state index contributed by atoms with van der Waals surface area (Å²) >= 11 is 0. The van der Waals surface area contributed by atoms with Crippen LogP contribution in [0.1, 0.15) is 31.7 Å². The molecule has 20 heavy (non-hydrogen) atoms. The highest BCUT2D eigenvalue weighted by Crippen LogP contribution is 2.48. The maximum absolute atomic E-state index is 11.6. The first-order valence-corrected chi connectivity index (χ1v) is 7.04. The second kappa shape index (κ2) is 5.95. The Morgan fingerprint density at radius 2 is 2.15 bits per heavy atom. The lowest BCUT2D eigenvalue weighted by Gasteiger charge is -2.44. The minimum atomic E-state index is -0.0975. The van der Waals surface area contributed by atoms with Gasteiger partial charge >= 0.3 is 0 Å². The summed E-state index contributed by atoms with van der Waals surface area (Å²) in [7, 11) is 1.92. The average molecular weight is 270 g/mol. The minimum absolute atomic E-state index is 0.0239. The Kier molecular flexibility index (Phi) is 4.28. The zero-order valence-electron chi connectivity index (χ0n) is 12.2. The van der Waals surface area contributed by atoms with Crippen LogP contribution in [0.25, 0.3) is 0 Å². The van der Waals surface area contributed by atoms with Gasteiger partial charge in [-0.1, -0.05) is 31.2 Å². The third kappa shape index (κ3) is 2.62. The van der Waals surface area contributed by atoms with E-state index in [1.807, 2.05) is 26.1 Å². The molecule has 1 aromatic rings. The molecule has 0 aromatic heterocycles. The molecule has 1 aromatic carbocycles. The molecule has 0 atom stereocenters.